The summed E-state index contributed by atoms with van der Waals surface area (Å²) in [6.07, 6.45) is -3.10. The fourth-order valence-electron chi connectivity index (χ4n) is 3.52. The maximum atomic E-state index is 12.7. The molecule has 1 aromatic rings. The van der Waals surface area contributed by atoms with Gasteiger partial charge in [0.2, 0.25) is 0 Å². The van der Waals surface area contributed by atoms with Crippen molar-refractivity contribution in [2.45, 2.75) is 57.8 Å². The Kier molecular flexibility index (Phi) is 11.4. The Bertz CT molecular complexity index is 986. The molecular formula is C24H32F6N4O5. The van der Waals surface area contributed by atoms with Crippen molar-refractivity contribution >= 4 is 23.7 Å². The molecule has 220 valence electrons. The minimum atomic E-state index is -5.08. The second-order valence-corrected chi connectivity index (χ2v) is 9.51. The number of fused-ring (bicyclic) bond motifs is 1. The van der Waals surface area contributed by atoms with E-state index in [0.717, 1.165) is 62.9 Å². The molecule has 3 aliphatic rings. The fourth-order valence-corrected chi connectivity index (χ4v) is 3.52. The lowest BCUT2D eigenvalue weighted by molar-refractivity contribution is -0.193. The van der Waals surface area contributed by atoms with Crippen molar-refractivity contribution in [3.8, 4) is 0 Å². The van der Waals surface area contributed by atoms with Crippen LogP contribution >= 0.6 is 0 Å². The molecule has 2 heterocycles. The average Bonchev–Trinajstić information content (AvgIpc) is 3.75. The number of nitrogens with zero attached hydrogens (tertiary/aromatic N) is 2. The quantitative estimate of drug-likeness (QED) is 0.365. The van der Waals surface area contributed by atoms with E-state index in [2.05, 4.69) is 28.5 Å². The van der Waals surface area contributed by atoms with E-state index < -0.39 is 24.3 Å². The molecule has 1 aromatic heterocycles. The first kappa shape index (κ1) is 32.1. The summed E-state index contributed by atoms with van der Waals surface area (Å²) in [6, 6.07) is 2.11. The predicted octanol–water partition coefficient (Wildman–Crippen LogP) is 3.73. The lowest BCUT2D eigenvalue weighted by atomic mass is 10.0. The Morgan fingerprint density at radius 1 is 0.923 bits per heavy atom. The first-order chi connectivity index (χ1) is 18.1. The fraction of sp³-hybridized carbons (Fsp3) is 0.667. The van der Waals surface area contributed by atoms with Crippen LogP contribution in [-0.4, -0.2) is 83.0 Å². The molecule has 2 aliphatic carbocycles. The summed E-state index contributed by atoms with van der Waals surface area (Å²) in [6.45, 7) is 7.16. The average molecular weight is 571 g/mol. The van der Waals surface area contributed by atoms with E-state index in [9.17, 15) is 31.1 Å². The Hall–Kier alpha value is -3.10. The summed E-state index contributed by atoms with van der Waals surface area (Å²) >= 11 is 0. The van der Waals surface area contributed by atoms with E-state index in [1.54, 1.807) is 0 Å². The Balaban J connectivity index is 0.000000317. The van der Waals surface area contributed by atoms with Gasteiger partial charge in [0.1, 0.15) is 5.82 Å². The molecule has 0 saturated heterocycles. The molecule has 15 heteroatoms. The van der Waals surface area contributed by atoms with Gasteiger partial charge in [-0.2, -0.15) is 26.3 Å². The van der Waals surface area contributed by atoms with E-state index in [1.165, 1.54) is 36.9 Å². The number of anilines is 1. The van der Waals surface area contributed by atoms with Crippen molar-refractivity contribution in [1.82, 2.24) is 15.2 Å². The highest BCUT2D eigenvalue weighted by atomic mass is 19.4. The number of alkyl halides is 6. The van der Waals surface area contributed by atoms with Crippen LogP contribution in [0.4, 0.5) is 32.2 Å². The third-order valence-electron chi connectivity index (χ3n) is 6.23. The number of rotatable bonds is 7. The minimum Gasteiger partial charge on any atom is -0.475 e. The molecule has 0 spiro atoms. The number of carbonyl (C=O) groups excluding carboxylic acids is 1. The van der Waals surface area contributed by atoms with Crippen molar-refractivity contribution in [3.63, 3.8) is 0 Å². The highest BCUT2D eigenvalue weighted by molar-refractivity contribution is 5.99. The van der Waals surface area contributed by atoms with Crippen molar-refractivity contribution < 1.29 is 50.9 Å². The number of halogens is 6. The minimum absolute atomic E-state index is 0.0390. The van der Waals surface area contributed by atoms with E-state index in [4.69, 9.17) is 24.8 Å². The third kappa shape index (κ3) is 11.7. The summed E-state index contributed by atoms with van der Waals surface area (Å²) in [5.74, 6) is -3.22. The highest BCUT2D eigenvalue weighted by Crippen LogP contribution is 2.30. The predicted molar refractivity (Wildman–Crippen MR) is 127 cm³/mol. The van der Waals surface area contributed by atoms with Gasteiger partial charge in [-0.05, 0) is 62.1 Å². The molecule has 0 aromatic carbocycles. The SMILES string of the molecule is CCN1CCc2cc(C(=O)NCC3CC3)c(NCC3CC3)nc2CC1.O=C(O)C(F)(F)F.O=C(O)C(F)(F)F. The number of aliphatic carboxylic acids is 2. The molecule has 1 aliphatic heterocycles. The molecule has 0 radical (unpaired) electrons. The van der Waals surface area contributed by atoms with Crippen molar-refractivity contribution in [2.75, 3.05) is 38.0 Å². The first-order valence-electron chi connectivity index (χ1n) is 12.5. The summed E-state index contributed by atoms with van der Waals surface area (Å²) in [5.41, 5.74) is 3.17. The van der Waals surface area contributed by atoms with E-state index in [1.807, 2.05) is 0 Å². The van der Waals surface area contributed by atoms with Crippen LogP contribution in [0.25, 0.3) is 0 Å². The van der Waals surface area contributed by atoms with Gasteiger partial charge in [-0.25, -0.2) is 14.6 Å². The highest BCUT2D eigenvalue weighted by Gasteiger charge is 2.39. The maximum Gasteiger partial charge on any atom is 0.490 e. The van der Waals surface area contributed by atoms with E-state index in [0.29, 0.717) is 5.92 Å². The van der Waals surface area contributed by atoms with E-state index >= 15 is 0 Å². The molecule has 0 atom stereocenters. The molecule has 4 rings (SSSR count). The van der Waals surface area contributed by atoms with Crippen molar-refractivity contribution in [1.29, 1.82) is 0 Å². The second kappa shape index (κ2) is 13.8. The number of carbonyl (C=O) groups is 3. The standard InChI is InChI=1S/C20H30N4O.2C2HF3O2/c1-2-24-9-7-16-11-17(20(25)22-13-15-5-6-15)19(21-12-14-3-4-14)23-18(16)8-10-24;2*3-2(4,5)1(6)7/h11,14-15H,2-10,12-13H2,1H3,(H,21,23)(H,22,25);2*(H,6,7). The second-order valence-electron chi connectivity index (χ2n) is 9.51. The van der Waals surface area contributed by atoms with Crippen LogP contribution in [-0.2, 0) is 22.4 Å². The summed E-state index contributed by atoms with van der Waals surface area (Å²) in [7, 11) is 0. The van der Waals surface area contributed by atoms with Crippen LogP contribution in [0.3, 0.4) is 0 Å². The third-order valence-corrected chi connectivity index (χ3v) is 6.23. The molecule has 0 bridgehead atoms. The zero-order valence-corrected chi connectivity index (χ0v) is 21.3. The molecule has 0 unspecified atom stereocenters. The molecular weight excluding hydrogens is 538 g/mol. The lowest BCUT2D eigenvalue weighted by Crippen LogP contribution is -2.27. The summed E-state index contributed by atoms with van der Waals surface area (Å²) < 4.78 is 63.5. The molecule has 39 heavy (non-hydrogen) atoms. The number of carboxylic acids is 2. The first-order valence-corrected chi connectivity index (χ1v) is 12.5. The number of likely N-dealkylation sites (N-methyl/N-ethyl adjacent to an activating group) is 1. The number of carboxylic acid groups (broad SMARTS) is 2. The zero-order chi connectivity index (χ0) is 29.4. The normalized spacial score (nSPS) is 17.3. The zero-order valence-electron chi connectivity index (χ0n) is 21.3. The van der Waals surface area contributed by atoms with Gasteiger partial charge in [0, 0.05) is 38.3 Å². The molecule has 2 fully saturated rings. The lowest BCUT2D eigenvalue weighted by Gasteiger charge is -2.15. The van der Waals surface area contributed by atoms with Crippen LogP contribution in [0.15, 0.2) is 6.07 Å². The Morgan fingerprint density at radius 3 is 1.87 bits per heavy atom. The number of amides is 1. The number of nitrogens with one attached hydrogen (secondary N) is 2. The number of aromatic nitrogens is 1. The Labute approximate surface area is 221 Å². The van der Waals surface area contributed by atoms with Crippen LogP contribution in [0.1, 0.15) is 54.2 Å². The Morgan fingerprint density at radius 2 is 1.41 bits per heavy atom. The molecule has 1 amide bonds. The summed E-state index contributed by atoms with van der Waals surface area (Å²) in [5, 5.41) is 20.8. The van der Waals surface area contributed by atoms with Crippen LogP contribution < -0.4 is 10.6 Å². The van der Waals surface area contributed by atoms with Gasteiger partial charge in [-0.3, -0.25) is 4.79 Å². The van der Waals surface area contributed by atoms with Crippen molar-refractivity contribution in [3.05, 3.63) is 22.9 Å². The summed E-state index contributed by atoms with van der Waals surface area (Å²) in [4.78, 5) is 37.9. The molecule has 9 nitrogen and oxygen atoms in total. The van der Waals surface area contributed by atoms with Crippen molar-refractivity contribution in [2.24, 2.45) is 11.8 Å². The van der Waals surface area contributed by atoms with Gasteiger partial charge in [-0.1, -0.05) is 6.92 Å². The van der Waals surface area contributed by atoms with Gasteiger partial charge >= 0.3 is 24.3 Å². The number of hydrogen-bond acceptors (Lipinski definition) is 6. The monoisotopic (exact) mass is 570 g/mol. The van der Waals surface area contributed by atoms with Crippen LogP contribution in [0.5, 0.6) is 0 Å². The van der Waals surface area contributed by atoms with Gasteiger partial charge in [0.25, 0.3) is 5.91 Å². The number of hydrogen-bond donors (Lipinski definition) is 4. The van der Waals surface area contributed by atoms with Crippen LogP contribution in [0.2, 0.25) is 0 Å². The van der Waals surface area contributed by atoms with Gasteiger partial charge in [-0.15, -0.1) is 0 Å². The molecule has 4 N–H and O–H groups in total. The smallest absolute Gasteiger partial charge is 0.475 e. The van der Waals surface area contributed by atoms with Gasteiger partial charge in [0.05, 0.1) is 5.56 Å². The van der Waals surface area contributed by atoms with Crippen LogP contribution in [0, 0.1) is 11.8 Å². The number of pyridine rings is 1. The topological polar surface area (TPSA) is 132 Å². The maximum absolute atomic E-state index is 12.7. The van der Waals surface area contributed by atoms with Gasteiger partial charge < -0.3 is 25.7 Å². The van der Waals surface area contributed by atoms with E-state index in [-0.39, 0.29) is 5.91 Å². The molecule has 2 saturated carbocycles. The largest absolute Gasteiger partial charge is 0.490 e. The van der Waals surface area contributed by atoms with Gasteiger partial charge in [0.15, 0.2) is 0 Å².